The Morgan fingerprint density at radius 2 is 0.627 bits per heavy atom. The summed E-state index contributed by atoms with van der Waals surface area (Å²) < 4.78 is 0. The first-order valence-corrected chi connectivity index (χ1v) is 19.4. The lowest BCUT2D eigenvalue weighted by Gasteiger charge is -2.57. The van der Waals surface area contributed by atoms with E-state index in [0.29, 0.717) is 0 Å². The number of aromatic nitrogens is 3. The first-order chi connectivity index (χ1) is 23.3. The van der Waals surface area contributed by atoms with Crippen LogP contribution in [0.3, 0.4) is 0 Å². The second-order valence-electron chi connectivity index (χ2n) is 19.8. The molecule has 0 unspecified atom stereocenters. The number of hydrogen-bond donors (Lipinski definition) is 0. The predicted molar refractivity (Wildman–Crippen MR) is 219 cm³/mol. The van der Waals surface area contributed by atoms with Gasteiger partial charge in [0.15, 0.2) is 0 Å². The van der Waals surface area contributed by atoms with Crippen molar-refractivity contribution in [3.05, 3.63) is 38.0 Å². The standard InChI is InChI=1S/C42H75N9/c1-19-22-49-37(4,5)25-31(26-38(49,6)7)46(16)34-43-35(47(17)32-27-39(8,9)50(23-20-2)40(10,11)28-32)45-36(44-34)48(18)33-29-41(12,13)51(24-21-3)42(14,15)30-33/h19-21,31-33H,1-3,22-30H2,4-18H3. The monoisotopic (exact) mass is 706 g/mol. The van der Waals surface area contributed by atoms with Gasteiger partial charge in [0.25, 0.3) is 0 Å². The molecule has 0 radical (unpaired) electrons. The van der Waals surface area contributed by atoms with Crippen molar-refractivity contribution in [2.24, 2.45) is 0 Å². The van der Waals surface area contributed by atoms with Crippen molar-refractivity contribution in [3.63, 3.8) is 0 Å². The van der Waals surface area contributed by atoms with Crippen molar-refractivity contribution in [1.29, 1.82) is 0 Å². The van der Waals surface area contributed by atoms with Crippen LogP contribution in [0.5, 0.6) is 0 Å². The van der Waals surface area contributed by atoms with Crippen LogP contribution in [0.4, 0.5) is 17.8 Å². The summed E-state index contributed by atoms with van der Waals surface area (Å²) in [5, 5.41) is 0. The lowest BCUT2D eigenvalue weighted by molar-refractivity contribution is -0.0256. The first-order valence-electron chi connectivity index (χ1n) is 19.4. The summed E-state index contributed by atoms with van der Waals surface area (Å²) in [5.74, 6) is 2.27. The molecule has 0 aromatic carbocycles. The molecule has 0 amide bonds. The van der Waals surface area contributed by atoms with Gasteiger partial charge in [0, 0.05) is 92.1 Å². The number of anilines is 3. The molecule has 0 bridgehead atoms. The Morgan fingerprint density at radius 3 is 0.784 bits per heavy atom. The number of nitrogens with zero attached hydrogens (tertiary/aromatic N) is 9. The maximum atomic E-state index is 5.33. The highest BCUT2D eigenvalue weighted by Gasteiger charge is 2.49. The van der Waals surface area contributed by atoms with Gasteiger partial charge in [-0.25, -0.2) is 0 Å². The van der Waals surface area contributed by atoms with Crippen molar-refractivity contribution in [1.82, 2.24) is 29.7 Å². The van der Waals surface area contributed by atoms with Gasteiger partial charge in [-0.2, -0.15) is 15.0 Å². The Labute approximate surface area is 313 Å². The van der Waals surface area contributed by atoms with Gasteiger partial charge in [-0.3, -0.25) is 14.7 Å². The maximum Gasteiger partial charge on any atom is 0.231 e. The fraction of sp³-hybridized carbons (Fsp3) is 0.786. The van der Waals surface area contributed by atoms with E-state index in [1.165, 1.54) is 0 Å². The molecule has 3 fully saturated rings. The second-order valence-corrected chi connectivity index (χ2v) is 19.8. The molecule has 3 aliphatic rings. The zero-order valence-corrected chi connectivity index (χ0v) is 35.5. The van der Waals surface area contributed by atoms with Crippen LogP contribution >= 0.6 is 0 Å². The van der Waals surface area contributed by atoms with Gasteiger partial charge in [-0.1, -0.05) is 18.2 Å². The fourth-order valence-corrected chi connectivity index (χ4v) is 10.8. The van der Waals surface area contributed by atoms with Crippen molar-refractivity contribution in [2.75, 3.05) is 55.5 Å². The molecule has 0 N–H and O–H groups in total. The van der Waals surface area contributed by atoms with Gasteiger partial charge in [-0.15, -0.1) is 19.7 Å². The average Bonchev–Trinajstić information content (AvgIpc) is 2.99. The third-order valence-electron chi connectivity index (χ3n) is 12.9. The Bertz CT molecular complexity index is 1180. The van der Waals surface area contributed by atoms with E-state index in [4.69, 9.17) is 15.0 Å². The van der Waals surface area contributed by atoms with Gasteiger partial charge in [0.2, 0.25) is 17.8 Å². The van der Waals surface area contributed by atoms with E-state index >= 15 is 0 Å². The number of likely N-dealkylation sites (tertiary alicyclic amines) is 3. The molecular weight excluding hydrogens is 631 g/mol. The smallest absolute Gasteiger partial charge is 0.231 e. The van der Waals surface area contributed by atoms with Crippen LogP contribution in [-0.2, 0) is 0 Å². The minimum absolute atomic E-state index is 0.00567. The van der Waals surface area contributed by atoms with E-state index in [1.54, 1.807) is 0 Å². The van der Waals surface area contributed by atoms with Crippen LogP contribution in [0.2, 0.25) is 0 Å². The minimum atomic E-state index is -0.00567. The van der Waals surface area contributed by atoms with Crippen LogP contribution in [0.1, 0.15) is 122 Å². The third kappa shape index (κ3) is 8.36. The van der Waals surface area contributed by atoms with E-state index < -0.39 is 0 Å². The summed E-state index contributed by atoms with van der Waals surface area (Å²) in [4.78, 5) is 30.9. The number of piperidine rings is 3. The molecule has 51 heavy (non-hydrogen) atoms. The molecule has 4 rings (SSSR count). The maximum absolute atomic E-state index is 5.33. The molecule has 9 heteroatoms. The molecule has 3 aliphatic heterocycles. The van der Waals surface area contributed by atoms with Crippen LogP contribution in [-0.4, -0.2) is 122 Å². The van der Waals surface area contributed by atoms with Crippen LogP contribution in [0.25, 0.3) is 0 Å². The van der Waals surface area contributed by atoms with Gasteiger partial charge in [0.05, 0.1) is 0 Å². The average molecular weight is 706 g/mol. The SMILES string of the molecule is C=CCN1C(C)(C)CC(N(C)c2nc(N(C)C3CC(C)(C)N(CC=C)C(C)(C)C3)nc(N(C)C3CC(C)(C)N(CC=C)C(C)(C)C3)n2)CC1(C)C. The molecule has 4 heterocycles. The van der Waals surface area contributed by atoms with E-state index in [2.05, 4.69) is 153 Å². The van der Waals surface area contributed by atoms with Gasteiger partial charge >= 0.3 is 0 Å². The summed E-state index contributed by atoms with van der Waals surface area (Å²) in [6, 6.07) is 0.819. The largest absolute Gasteiger partial charge is 0.341 e. The summed E-state index contributed by atoms with van der Waals surface area (Å²) in [5.41, 5.74) is -0.0340. The molecule has 0 saturated carbocycles. The number of hydrogen-bond acceptors (Lipinski definition) is 9. The van der Waals surface area contributed by atoms with E-state index in [-0.39, 0.29) is 51.4 Å². The summed E-state index contributed by atoms with van der Waals surface area (Å²) in [6.45, 7) is 43.3. The van der Waals surface area contributed by atoms with Crippen molar-refractivity contribution < 1.29 is 0 Å². The van der Waals surface area contributed by atoms with Gasteiger partial charge in [0.1, 0.15) is 0 Å². The summed E-state index contributed by atoms with van der Waals surface area (Å²) in [6.07, 6.45) is 12.2. The Morgan fingerprint density at radius 1 is 0.451 bits per heavy atom. The Kier molecular flexibility index (Phi) is 11.6. The van der Waals surface area contributed by atoms with Crippen molar-refractivity contribution >= 4 is 17.8 Å². The van der Waals surface area contributed by atoms with E-state index in [9.17, 15) is 0 Å². The topological polar surface area (TPSA) is 58.1 Å². The van der Waals surface area contributed by atoms with E-state index in [0.717, 1.165) is 76.0 Å². The lowest BCUT2D eigenvalue weighted by Crippen LogP contribution is -2.64. The van der Waals surface area contributed by atoms with Gasteiger partial charge in [-0.05, 0) is 122 Å². The lowest BCUT2D eigenvalue weighted by atomic mass is 9.76. The highest BCUT2D eigenvalue weighted by atomic mass is 15.4. The quantitative estimate of drug-likeness (QED) is 0.203. The van der Waals surface area contributed by atoms with Crippen LogP contribution < -0.4 is 14.7 Å². The third-order valence-corrected chi connectivity index (χ3v) is 12.9. The molecule has 9 nitrogen and oxygen atoms in total. The highest BCUT2D eigenvalue weighted by Crippen LogP contribution is 2.44. The zero-order chi connectivity index (χ0) is 38.5. The minimum Gasteiger partial charge on any atom is -0.341 e. The molecular formula is C42H75N9. The normalized spacial score (nSPS) is 25.2. The molecule has 1 aromatic heterocycles. The van der Waals surface area contributed by atoms with Gasteiger partial charge < -0.3 is 14.7 Å². The molecule has 0 aliphatic carbocycles. The zero-order valence-electron chi connectivity index (χ0n) is 35.5. The summed E-state index contributed by atoms with van der Waals surface area (Å²) in [7, 11) is 6.59. The molecule has 288 valence electrons. The Hall–Kier alpha value is -2.49. The predicted octanol–water partition coefficient (Wildman–Crippen LogP) is 7.80. The molecule has 3 saturated heterocycles. The summed E-state index contributed by atoms with van der Waals surface area (Å²) >= 11 is 0. The molecule has 0 spiro atoms. The van der Waals surface area contributed by atoms with E-state index in [1.807, 2.05) is 18.2 Å². The first kappa shape index (κ1) is 41.3. The van der Waals surface area contributed by atoms with Crippen LogP contribution in [0.15, 0.2) is 38.0 Å². The van der Waals surface area contributed by atoms with Crippen molar-refractivity contribution in [3.8, 4) is 0 Å². The highest BCUT2D eigenvalue weighted by molar-refractivity contribution is 5.48. The van der Waals surface area contributed by atoms with Crippen LogP contribution in [0, 0.1) is 0 Å². The number of rotatable bonds is 12. The van der Waals surface area contributed by atoms with Crippen molar-refractivity contribution in [2.45, 2.75) is 173 Å². The molecule has 1 aromatic rings. The molecule has 0 atom stereocenters. The Balaban J connectivity index is 1.77. The fourth-order valence-electron chi connectivity index (χ4n) is 10.8. The second kappa shape index (κ2) is 14.4.